The Morgan fingerprint density at radius 3 is 2.45 bits per heavy atom. The Hall–Kier alpha value is -2.49. The van der Waals surface area contributed by atoms with Crippen LogP contribution in [-0.4, -0.2) is 31.6 Å². The summed E-state index contributed by atoms with van der Waals surface area (Å²) in [6, 6.07) is 16.5. The Bertz CT molecular complexity index is 726. The molecule has 3 rings (SSSR count). The standard InChI is InChI=1S/C18H21N3O/c1-18(12-21(2)17(19)20-18)15-8-4-6-13(10-15)14-7-5-9-16(11-14)22-3/h4-11H,12H2,1-3H3,(H2,19,20). The molecule has 0 fully saturated rings. The molecule has 1 atom stereocenters. The second-order valence-corrected chi connectivity index (χ2v) is 5.91. The Morgan fingerprint density at radius 1 is 1.14 bits per heavy atom. The summed E-state index contributed by atoms with van der Waals surface area (Å²) in [4.78, 5) is 6.62. The highest BCUT2D eigenvalue weighted by atomic mass is 16.5. The van der Waals surface area contributed by atoms with Crippen molar-refractivity contribution in [3.8, 4) is 16.9 Å². The van der Waals surface area contributed by atoms with E-state index >= 15 is 0 Å². The number of nitrogens with zero attached hydrogens (tertiary/aromatic N) is 2. The van der Waals surface area contributed by atoms with Crippen LogP contribution in [0, 0.1) is 0 Å². The van der Waals surface area contributed by atoms with Crippen LogP contribution in [0.15, 0.2) is 53.5 Å². The number of benzene rings is 2. The molecule has 1 heterocycles. The van der Waals surface area contributed by atoms with Crippen LogP contribution >= 0.6 is 0 Å². The molecule has 0 aliphatic carbocycles. The molecule has 0 saturated heterocycles. The first-order valence-corrected chi connectivity index (χ1v) is 7.33. The van der Waals surface area contributed by atoms with Gasteiger partial charge in [0.05, 0.1) is 7.11 Å². The van der Waals surface area contributed by atoms with E-state index in [1.165, 1.54) is 5.56 Å². The van der Waals surface area contributed by atoms with E-state index in [0.29, 0.717) is 5.96 Å². The van der Waals surface area contributed by atoms with Crippen LogP contribution in [0.3, 0.4) is 0 Å². The first kappa shape index (κ1) is 14.4. The fourth-order valence-corrected chi connectivity index (χ4v) is 2.91. The fourth-order valence-electron chi connectivity index (χ4n) is 2.91. The van der Waals surface area contributed by atoms with Crippen molar-refractivity contribution in [2.75, 3.05) is 20.7 Å². The van der Waals surface area contributed by atoms with Gasteiger partial charge in [0.1, 0.15) is 11.3 Å². The van der Waals surface area contributed by atoms with Crippen LogP contribution in [0.25, 0.3) is 11.1 Å². The zero-order chi connectivity index (χ0) is 15.7. The molecule has 0 aromatic heterocycles. The van der Waals surface area contributed by atoms with Crippen LogP contribution in [-0.2, 0) is 5.54 Å². The maximum absolute atomic E-state index is 5.94. The number of guanidine groups is 1. The van der Waals surface area contributed by atoms with Gasteiger partial charge < -0.3 is 15.4 Å². The van der Waals surface area contributed by atoms with Gasteiger partial charge in [-0.1, -0.05) is 30.3 Å². The van der Waals surface area contributed by atoms with Crippen molar-refractivity contribution in [2.24, 2.45) is 10.7 Å². The minimum absolute atomic E-state index is 0.298. The topological polar surface area (TPSA) is 50.9 Å². The molecule has 0 bridgehead atoms. The third kappa shape index (κ3) is 2.52. The molecule has 0 saturated carbocycles. The van der Waals surface area contributed by atoms with Crippen molar-refractivity contribution in [3.05, 3.63) is 54.1 Å². The van der Waals surface area contributed by atoms with Gasteiger partial charge in [-0.15, -0.1) is 0 Å². The summed E-state index contributed by atoms with van der Waals surface area (Å²) in [7, 11) is 3.65. The van der Waals surface area contributed by atoms with Gasteiger partial charge in [0.15, 0.2) is 5.96 Å². The number of likely N-dealkylation sites (N-methyl/N-ethyl adjacent to an activating group) is 1. The Balaban J connectivity index is 2.00. The van der Waals surface area contributed by atoms with Gasteiger partial charge in [-0.05, 0) is 41.8 Å². The summed E-state index contributed by atoms with van der Waals surface area (Å²) >= 11 is 0. The summed E-state index contributed by atoms with van der Waals surface area (Å²) in [6.45, 7) is 2.91. The molecule has 4 heteroatoms. The molecule has 0 amide bonds. The van der Waals surface area contributed by atoms with Crippen molar-refractivity contribution < 1.29 is 4.74 Å². The van der Waals surface area contributed by atoms with E-state index in [4.69, 9.17) is 10.5 Å². The van der Waals surface area contributed by atoms with Crippen LogP contribution < -0.4 is 10.5 Å². The second-order valence-electron chi connectivity index (χ2n) is 5.91. The Labute approximate surface area is 131 Å². The number of hydrogen-bond donors (Lipinski definition) is 1. The molecule has 0 spiro atoms. The SMILES string of the molecule is COc1cccc(-c2cccc(C3(C)CN(C)C(N)=N3)c2)c1. The van der Waals surface area contributed by atoms with E-state index in [1.807, 2.05) is 30.1 Å². The van der Waals surface area contributed by atoms with Gasteiger partial charge in [-0.2, -0.15) is 0 Å². The minimum Gasteiger partial charge on any atom is -0.497 e. The summed E-state index contributed by atoms with van der Waals surface area (Å²) in [6.07, 6.45) is 0. The first-order valence-electron chi connectivity index (χ1n) is 7.33. The van der Waals surface area contributed by atoms with Crippen LogP contribution in [0.4, 0.5) is 0 Å². The number of ether oxygens (including phenoxy) is 1. The quantitative estimate of drug-likeness (QED) is 0.947. The summed E-state index contributed by atoms with van der Waals surface area (Å²) < 4.78 is 5.31. The maximum Gasteiger partial charge on any atom is 0.192 e. The lowest BCUT2D eigenvalue weighted by atomic mass is 9.90. The molecule has 2 aromatic rings. The molecular formula is C18H21N3O. The van der Waals surface area contributed by atoms with Crippen LogP contribution in [0.1, 0.15) is 12.5 Å². The lowest BCUT2D eigenvalue weighted by Crippen LogP contribution is -2.32. The molecule has 0 radical (unpaired) electrons. The smallest absolute Gasteiger partial charge is 0.192 e. The van der Waals surface area contributed by atoms with E-state index in [0.717, 1.165) is 23.4 Å². The number of nitrogens with two attached hydrogens (primary N) is 1. The first-order chi connectivity index (χ1) is 10.5. The van der Waals surface area contributed by atoms with Gasteiger partial charge in [0.2, 0.25) is 0 Å². The predicted octanol–water partition coefficient (Wildman–Crippen LogP) is 2.84. The Morgan fingerprint density at radius 2 is 1.82 bits per heavy atom. The largest absolute Gasteiger partial charge is 0.497 e. The van der Waals surface area contributed by atoms with E-state index < -0.39 is 0 Å². The average Bonchev–Trinajstić information content (AvgIpc) is 2.81. The molecule has 4 nitrogen and oxygen atoms in total. The van der Waals surface area contributed by atoms with Gasteiger partial charge in [0.25, 0.3) is 0 Å². The second kappa shape index (κ2) is 5.37. The van der Waals surface area contributed by atoms with E-state index in [9.17, 15) is 0 Å². The van der Waals surface area contributed by atoms with E-state index in [-0.39, 0.29) is 5.54 Å². The molecule has 2 N–H and O–H groups in total. The third-order valence-electron chi connectivity index (χ3n) is 4.19. The highest BCUT2D eigenvalue weighted by molar-refractivity contribution is 5.80. The molecule has 1 aliphatic heterocycles. The summed E-state index contributed by atoms with van der Waals surface area (Å²) in [5.74, 6) is 1.45. The summed E-state index contributed by atoms with van der Waals surface area (Å²) in [5, 5.41) is 0. The van der Waals surface area contributed by atoms with Gasteiger partial charge in [-0.3, -0.25) is 0 Å². The number of hydrogen-bond acceptors (Lipinski definition) is 4. The van der Waals surface area contributed by atoms with Crippen molar-refractivity contribution in [3.63, 3.8) is 0 Å². The lowest BCUT2D eigenvalue weighted by Gasteiger charge is -2.23. The van der Waals surface area contributed by atoms with Crippen LogP contribution in [0.5, 0.6) is 5.75 Å². The third-order valence-corrected chi connectivity index (χ3v) is 4.19. The molecule has 22 heavy (non-hydrogen) atoms. The van der Waals surface area contributed by atoms with Crippen molar-refractivity contribution >= 4 is 5.96 Å². The number of methoxy groups -OCH3 is 1. The maximum atomic E-state index is 5.94. The molecular weight excluding hydrogens is 274 g/mol. The zero-order valence-electron chi connectivity index (χ0n) is 13.2. The highest BCUT2D eigenvalue weighted by Crippen LogP contribution is 2.33. The normalized spacial score (nSPS) is 20.9. The average molecular weight is 295 g/mol. The molecule has 2 aromatic carbocycles. The number of aliphatic imine (C=N–C) groups is 1. The van der Waals surface area contributed by atoms with Gasteiger partial charge >= 0.3 is 0 Å². The minimum atomic E-state index is -0.298. The van der Waals surface area contributed by atoms with Gasteiger partial charge in [0, 0.05) is 13.6 Å². The van der Waals surface area contributed by atoms with Crippen LogP contribution in [0.2, 0.25) is 0 Å². The molecule has 1 aliphatic rings. The van der Waals surface area contributed by atoms with Gasteiger partial charge in [-0.25, -0.2) is 4.99 Å². The monoisotopic (exact) mass is 295 g/mol. The highest BCUT2D eigenvalue weighted by Gasteiger charge is 2.34. The molecule has 114 valence electrons. The zero-order valence-corrected chi connectivity index (χ0v) is 13.2. The summed E-state index contributed by atoms with van der Waals surface area (Å²) in [5.41, 5.74) is 9.09. The van der Waals surface area contributed by atoms with E-state index in [1.54, 1.807) is 7.11 Å². The fraction of sp³-hybridized carbons (Fsp3) is 0.278. The van der Waals surface area contributed by atoms with Crippen molar-refractivity contribution in [2.45, 2.75) is 12.5 Å². The Kier molecular flexibility index (Phi) is 3.53. The van der Waals surface area contributed by atoms with Crippen molar-refractivity contribution in [1.29, 1.82) is 0 Å². The predicted molar refractivity (Wildman–Crippen MR) is 90.0 cm³/mol. The molecule has 1 unspecified atom stereocenters. The lowest BCUT2D eigenvalue weighted by molar-refractivity contribution is 0.409. The number of rotatable bonds is 3. The van der Waals surface area contributed by atoms with Crippen molar-refractivity contribution in [1.82, 2.24) is 4.90 Å². The van der Waals surface area contributed by atoms with E-state index in [2.05, 4.69) is 42.2 Å².